The van der Waals surface area contributed by atoms with Crippen molar-refractivity contribution in [3.05, 3.63) is 81.5 Å². The molecule has 1 fully saturated rings. The largest absolute Gasteiger partial charge is 0.455 e. The number of rotatable bonds is 5. The molecule has 1 N–H and O–H groups in total. The van der Waals surface area contributed by atoms with Crippen molar-refractivity contribution in [2.45, 2.75) is 38.5 Å². The number of benzene rings is 2. The van der Waals surface area contributed by atoms with Crippen LogP contribution in [0.1, 0.15) is 50.0 Å². The zero-order valence-electron chi connectivity index (χ0n) is 17.7. The predicted molar refractivity (Wildman–Crippen MR) is 126 cm³/mol. The Morgan fingerprint density at radius 1 is 1.06 bits per heavy atom. The van der Waals surface area contributed by atoms with Crippen LogP contribution < -0.4 is 5.43 Å². The fraction of sp³-hybridized carbons (Fsp3) is 0.280. The lowest BCUT2D eigenvalue weighted by atomic mass is 9.86. The highest BCUT2D eigenvalue weighted by atomic mass is 35.5. The number of carbonyl (C=O) groups excluding carboxylic acids is 1. The predicted octanol–water partition coefficient (Wildman–Crippen LogP) is 6.80. The van der Waals surface area contributed by atoms with Crippen molar-refractivity contribution in [1.82, 2.24) is 5.43 Å². The monoisotopic (exact) mass is 454 g/mol. The van der Waals surface area contributed by atoms with E-state index >= 15 is 0 Å². The van der Waals surface area contributed by atoms with Gasteiger partial charge in [-0.2, -0.15) is 5.10 Å². The van der Waals surface area contributed by atoms with Crippen LogP contribution in [-0.2, 0) is 10.2 Å². The quantitative estimate of drug-likeness (QED) is 0.340. The molecule has 1 saturated carbocycles. The Labute approximate surface area is 192 Å². The highest BCUT2D eigenvalue weighted by molar-refractivity contribution is 6.42. The molecule has 1 aliphatic carbocycles. The second-order valence-electron chi connectivity index (χ2n) is 8.89. The van der Waals surface area contributed by atoms with Crippen molar-refractivity contribution in [2.24, 2.45) is 11.0 Å². The summed E-state index contributed by atoms with van der Waals surface area (Å²) in [6.07, 6.45) is 2.34. The van der Waals surface area contributed by atoms with E-state index in [0.717, 1.165) is 12.0 Å². The van der Waals surface area contributed by atoms with E-state index in [0.29, 0.717) is 21.6 Å². The van der Waals surface area contributed by atoms with Crippen LogP contribution in [0.15, 0.2) is 64.1 Å². The van der Waals surface area contributed by atoms with E-state index in [1.165, 1.54) is 17.3 Å². The molecule has 0 bridgehead atoms. The zero-order chi connectivity index (χ0) is 22.2. The lowest BCUT2D eigenvalue weighted by molar-refractivity contribution is -0.122. The number of hydrogen-bond donors (Lipinski definition) is 1. The van der Waals surface area contributed by atoms with Crippen LogP contribution >= 0.6 is 23.2 Å². The smallest absolute Gasteiger partial charge is 0.243 e. The minimum Gasteiger partial charge on any atom is -0.455 e. The van der Waals surface area contributed by atoms with Crippen LogP contribution in [0.2, 0.25) is 10.0 Å². The molecule has 1 heterocycles. The standard InChI is InChI=1S/C25H24Cl2N2O2/c1-25(2,3)17-7-4-15(5-8-17)19-13-20(19)24(30)29-28-14-18-9-11-23(31-18)16-6-10-21(26)22(27)12-16/h4-12,14,19-20H,13H2,1-3H3,(H,29,30)/t19-,20+/m1/s1. The Balaban J connectivity index is 1.32. The van der Waals surface area contributed by atoms with Gasteiger partial charge in [-0.3, -0.25) is 4.79 Å². The first-order valence-corrected chi connectivity index (χ1v) is 11.0. The van der Waals surface area contributed by atoms with Gasteiger partial charge in [0.2, 0.25) is 5.91 Å². The van der Waals surface area contributed by atoms with Gasteiger partial charge in [0.1, 0.15) is 11.5 Å². The summed E-state index contributed by atoms with van der Waals surface area (Å²) in [7, 11) is 0. The Kier molecular flexibility index (Phi) is 5.96. The van der Waals surface area contributed by atoms with Crippen LogP contribution in [0.5, 0.6) is 0 Å². The van der Waals surface area contributed by atoms with Crippen molar-refractivity contribution in [2.75, 3.05) is 0 Å². The first-order valence-electron chi connectivity index (χ1n) is 10.2. The summed E-state index contributed by atoms with van der Waals surface area (Å²) in [4.78, 5) is 12.4. The number of nitrogens with zero attached hydrogens (tertiary/aromatic N) is 1. The lowest BCUT2D eigenvalue weighted by Crippen LogP contribution is -2.20. The fourth-order valence-corrected chi connectivity index (χ4v) is 3.85. The molecular formula is C25H24Cl2N2O2. The third-order valence-electron chi connectivity index (χ3n) is 5.53. The lowest BCUT2D eigenvalue weighted by Gasteiger charge is -2.19. The summed E-state index contributed by atoms with van der Waals surface area (Å²) < 4.78 is 5.75. The van der Waals surface area contributed by atoms with Gasteiger partial charge in [0, 0.05) is 11.5 Å². The molecule has 2 atom stereocenters. The number of hydrazone groups is 1. The van der Waals surface area contributed by atoms with E-state index in [2.05, 4.69) is 55.6 Å². The molecule has 1 amide bonds. The summed E-state index contributed by atoms with van der Waals surface area (Å²) in [6.45, 7) is 6.58. The van der Waals surface area contributed by atoms with E-state index in [9.17, 15) is 4.79 Å². The van der Waals surface area contributed by atoms with Gasteiger partial charge in [-0.05, 0) is 59.2 Å². The van der Waals surface area contributed by atoms with Gasteiger partial charge in [-0.25, -0.2) is 5.43 Å². The molecule has 0 spiro atoms. The van der Waals surface area contributed by atoms with Crippen molar-refractivity contribution in [3.8, 4) is 11.3 Å². The molecule has 6 heteroatoms. The number of nitrogens with one attached hydrogen (secondary N) is 1. The third kappa shape index (κ3) is 5.03. The highest BCUT2D eigenvalue weighted by Gasteiger charge is 2.44. The van der Waals surface area contributed by atoms with E-state index in [1.807, 2.05) is 12.1 Å². The molecule has 0 aliphatic heterocycles. The molecule has 1 aliphatic rings. The van der Waals surface area contributed by atoms with Crippen molar-refractivity contribution < 1.29 is 9.21 Å². The van der Waals surface area contributed by atoms with Crippen molar-refractivity contribution >= 4 is 35.3 Å². The van der Waals surface area contributed by atoms with E-state index in [4.69, 9.17) is 27.6 Å². The SMILES string of the molecule is CC(C)(C)c1ccc([C@H]2C[C@@H]2C(=O)NN=Cc2ccc(-c3ccc(Cl)c(Cl)c3)o2)cc1. The van der Waals surface area contributed by atoms with Crippen LogP contribution in [0.4, 0.5) is 0 Å². The summed E-state index contributed by atoms with van der Waals surface area (Å²) in [6, 6.07) is 17.5. The summed E-state index contributed by atoms with van der Waals surface area (Å²) in [5, 5.41) is 5.00. The van der Waals surface area contributed by atoms with Crippen molar-refractivity contribution in [3.63, 3.8) is 0 Å². The zero-order valence-corrected chi connectivity index (χ0v) is 19.2. The first-order chi connectivity index (χ1) is 14.7. The van der Waals surface area contributed by atoms with Crippen LogP contribution in [-0.4, -0.2) is 12.1 Å². The summed E-state index contributed by atoms with van der Waals surface area (Å²) >= 11 is 12.0. The molecule has 0 unspecified atom stereocenters. The molecule has 4 rings (SSSR count). The maximum atomic E-state index is 12.4. The highest BCUT2D eigenvalue weighted by Crippen LogP contribution is 2.47. The van der Waals surface area contributed by atoms with E-state index in [1.54, 1.807) is 18.2 Å². The van der Waals surface area contributed by atoms with E-state index in [-0.39, 0.29) is 23.2 Å². The normalized spacial score (nSPS) is 18.4. The second kappa shape index (κ2) is 8.52. The summed E-state index contributed by atoms with van der Waals surface area (Å²) in [5.41, 5.74) is 6.06. The minimum absolute atomic E-state index is 0.0407. The van der Waals surface area contributed by atoms with Crippen LogP contribution in [0.25, 0.3) is 11.3 Å². The Bertz CT molecular complexity index is 1130. The van der Waals surface area contributed by atoms with Gasteiger partial charge in [-0.1, -0.05) is 68.2 Å². The number of hydrogen-bond acceptors (Lipinski definition) is 3. The second-order valence-corrected chi connectivity index (χ2v) is 9.70. The average Bonchev–Trinajstić information content (AvgIpc) is 3.40. The number of carbonyl (C=O) groups is 1. The Hall–Kier alpha value is -2.56. The Morgan fingerprint density at radius 3 is 2.48 bits per heavy atom. The molecule has 3 aromatic rings. The fourth-order valence-electron chi connectivity index (χ4n) is 3.55. The maximum absolute atomic E-state index is 12.4. The number of furan rings is 1. The summed E-state index contributed by atoms with van der Waals surface area (Å²) in [5.74, 6) is 1.33. The molecule has 0 radical (unpaired) electrons. The molecule has 31 heavy (non-hydrogen) atoms. The first kappa shape index (κ1) is 21.7. The molecule has 160 valence electrons. The van der Waals surface area contributed by atoms with Gasteiger partial charge >= 0.3 is 0 Å². The van der Waals surface area contributed by atoms with Crippen LogP contribution in [0.3, 0.4) is 0 Å². The number of halogens is 2. The van der Waals surface area contributed by atoms with Gasteiger partial charge in [0.15, 0.2) is 0 Å². The van der Waals surface area contributed by atoms with Crippen LogP contribution in [0, 0.1) is 5.92 Å². The number of amides is 1. The van der Waals surface area contributed by atoms with Crippen molar-refractivity contribution in [1.29, 1.82) is 0 Å². The van der Waals surface area contributed by atoms with Gasteiger partial charge < -0.3 is 4.42 Å². The Morgan fingerprint density at radius 2 is 1.81 bits per heavy atom. The molecule has 1 aromatic heterocycles. The molecule has 2 aromatic carbocycles. The maximum Gasteiger partial charge on any atom is 0.243 e. The topological polar surface area (TPSA) is 54.6 Å². The third-order valence-corrected chi connectivity index (χ3v) is 6.27. The average molecular weight is 455 g/mol. The molecule has 4 nitrogen and oxygen atoms in total. The minimum atomic E-state index is -0.0718. The van der Waals surface area contributed by atoms with Gasteiger partial charge in [0.05, 0.1) is 16.3 Å². The van der Waals surface area contributed by atoms with Gasteiger partial charge in [0.25, 0.3) is 0 Å². The molecular weight excluding hydrogens is 431 g/mol. The van der Waals surface area contributed by atoms with Gasteiger partial charge in [-0.15, -0.1) is 0 Å². The van der Waals surface area contributed by atoms with E-state index < -0.39 is 0 Å². The molecule has 0 saturated heterocycles.